The van der Waals surface area contributed by atoms with Crippen molar-refractivity contribution in [3.8, 4) is 0 Å². The van der Waals surface area contributed by atoms with E-state index in [1.54, 1.807) is 13.8 Å². The van der Waals surface area contributed by atoms with E-state index in [1.165, 1.54) is 13.8 Å². The van der Waals surface area contributed by atoms with Crippen molar-refractivity contribution < 1.29 is 24.3 Å². The van der Waals surface area contributed by atoms with Gasteiger partial charge in [0.25, 0.3) is 0 Å². The molecule has 0 aromatic carbocycles. The molecule has 0 fully saturated rings. The number of carbonyl (C=O) groups excluding carboxylic acids is 3. The highest BCUT2D eigenvalue weighted by Crippen LogP contribution is 1.97. The van der Waals surface area contributed by atoms with Crippen LogP contribution in [-0.4, -0.2) is 53.5 Å². The minimum absolute atomic E-state index is 0.0646. The molecule has 3 amide bonds. The Morgan fingerprint density at radius 1 is 0.955 bits per heavy atom. The Morgan fingerprint density at radius 2 is 1.50 bits per heavy atom. The molecule has 0 heterocycles. The van der Waals surface area contributed by atoms with E-state index in [0.29, 0.717) is 0 Å². The number of nitrogens with one attached hydrogen (secondary N) is 3. The van der Waals surface area contributed by atoms with Crippen molar-refractivity contribution in [3.63, 3.8) is 0 Å². The molecule has 0 radical (unpaired) electrons. The van der Waals surface area contributed by atoms with E-state index >= 15 is 0 Å². The van der Waals surface area contributed by atoms with Gasteiger partial charge in [0.2, 0.25) is 17.7 Å². The first kappa shape index (κ1) is 19.8. The number of hydrogen-bond donors (Lipinski definition) is 5. The molecule has 0 aliphatic carbocycles. The van der Waals surface area contributed by atoms with Crippen LogP contribution in [0.1, 0.15) is 27.7 Å². The van der Waals surface area contributed by atoms with Gasteiger partial charge in [-0.3, -0.25) is 19.2 Å². The lowest BCUT2D eigenvalue weighted by atomic mass is 10.1. The minimum Gasteiger partial charge on any atom is -0.480 e. The number of carbonyl (C=O) groups is 4. The molecule has 6 N–H and O–H groups in total. The summed E-state index contributed by atoms with van der Waals surface area (Å²) < 4.78 is 0. The molecule has 0 bridgehead atoms. The van der Waals surface area contributed by atoms with Crippen molar-refractivity contribution in [2.24, 2.45) is 11.7 Å². The fourth-order valence-electron chi connectivity index (χ4n) is 1.35. The molecule has 3 atom stereocenters. The molecule has 9 nitrogen and oxygen atoms in total. The van der Waals surface area contributed by atoms with Crippen LogP contribution in [0.4, 0.5) is 0 Å². The predicted molar refractivity (Wildman–Crippen MR) is 78.7 cm³/mol. The third-order valence-corrected chi connectivity index (χ3v) is 2.94. The van der Waals surface area contributed by atoms with Crippen LogP contribution in [0.15, 0.2) is 0 Å². The number of nitrogens with two attached hydrogens (primary N) is 1. The molecule has 126 valence electrons. The highest BCUT2D eigenvalue weighted by Gasteiger charge is 2.21. The Labute approximate surface area is 129 Å². The number of carboxylic acids is 1. The smallest absolute Gasteiger partial charge is 0.325 e. The van der Waals surface area contributed by atoms with E-state index in [2.05, 4.69) is 16.0 Å². The van der Waals surface area contributed by atoms with Gasteiger partial charge in [-0.05, 0) is 19.8 Å². The SMILES string of the molecule is CC(C)[C@H](N)C(=O)NCC(=O)N[C@@H](C)C(=O)N[C@@H](C)C(=O)O. The highest BCUT2D eigenvalue weighted by molar-refractivity contribution is 5.92. The average Bonchev–Trinajstić information content (AvgIpc) is 2.43. The zero-order valence-corrected chi connectivity index (χ0v) is 13.2. The molecule has 0 aliphatic heterocycles. The van der Waals surface area contributed by atoms with Crippen LogP contribution in [0.5, 0.6) is 0 Å². The van der Waals surface area contributed by atoms with Crippen molar-refractivity contribution in [2.75, 3.05) is 6.54 Å². The van der Waals surface area contributed by atoms with Crippen molar-refractivity contribution in [1.29, 1.82) is 0 Å². The number of amides is 3. The molecule has 0 saturated heterocycles. The van der Waals surface area contributed by atoms with Gasteiger partial charge < -0.3 is 26.8 Å². The number of aliphatic carboxylic acids is 1. The molecule has 22 heavy (non-hydrogen) atoms. The summed E-state index contributed by atoms with van der Waals surface area (Å²) in [5.41, 5.74) is 5.62. The van der Waals surface area contributed by atoms with Gasteiger partial charge in [0, 0.05) is 0 Å². The first-order valence-corrected chi connectivity index (χ1v) is 6.92. The van der Waals surface area contributed by atoms with Gasteiger partial charge in [0.15, 0.2) is 0 Å². The second-order valence-electron chi connectivity index (χ2n) is 5.35. The maximum Gasteiger partial charge on any atom is 0.325 e. The summed E-state index contributed by atoms with van der Waals surface area (Å²) >= 11 is 0. The van der Waals surface area contributed by atoms with Crippen LogP contribution in [0.3, 0.4) is 0 Å². The lowest BCUT2D eigenvalue weighted by molar-refractivity contribution is -0.141. The second kappa shape index (κ2) is 8.98. The normalized spacial score (nSPS) is 14.6. The largest absolute Gasteiger partial charge is 0.480 e. The Morgan fingerprint density at radius 3 is 1.95 bits per heavy atom. The average molecular weight is 316 g/mol. The van der Waals surface area contributed by atoms with E-state index < -0.39 is 41.8 Å². The minimum atomic E-state index is -1.18. The third kappa shape index (κ3) is 7.02. The Bertz CT molecular complexity index is 438. The van der Waals surface area contributed by atoms with Crippen LogP contribution >= 0.6 is 0 Å². The van der Waals surface area contributed by atoms with E-state index in [1.807, 2.05) is 0 Å². The highest BCUT2D eigenvalue weighted by atomic mass is 16.4. The molecule has 0 unspecified atom stereocenters. The van der Waals surface area contributed by atoms with E-state index in [4.69, 9.17) is 10.8 Å². The van der Waals surface area contributed by atoms with Crippen LogP contribution in [0.2, 0.25) is 0 Å². The zero-order chi connectivity index (χ0) is 17.4. The van der Waals surface area contributed by atoms with Crippen molar-refractivity contribution in [3.05, 3.63) is 0 Å². The molecular weight excluding hydrogens is 292 g/mol. The summed E-state index contributed by atoms with van der Waals surface area (Å²) in [4.78, 5) is 45.4. The molecular formula is C13H24N4O5. The van der Waals surface area contributed by atoms with Crippen LogP contribution in [-0.2, 0) is 19.2 Å². The van der Waals surface area contributed by atoms with Crippen molar-refractivity contribution >= 4 is 23.7 Å². The van der Waals surface area contributed by atoms with Gasteiger partial charge in [-0.1, -0.05) is 13.8 Å². The first-order chi connectivity index (χ1) is 10.1. The monoisotopic (exact) mass is 316 g/mol. The molecule has 0 aromatic heterocycles. The van der Waals surface area contributed by atoms with Gasteiger partial charge in [-0.25, -0.2) is 0 Å². The van der Waals surface area contributed by atoms with E-state index in [-0.39, 0.29) is 12.5 Å². The van der Waals surface area contributed by atoms with Crippen LogP contribution < -0.4 is 21.7 Å². The van der Waals surface area contributed by atoms with Crippen molar-refractivity contribution in [2.45, 2.75) is 45.8 Å². The number of rotatable bonds is 8. The molecule has 0 aromatic rings. The molecule has 9 heteroatoms. The second-order valence-corrected chi connectivity index (χ2v) is 5.35. The summed E-state index contributed by atoms with van der Waals surface area (Å²) in [7, 11) is 0. The van der Waals surface area contributed by atoms with Gasteiger partial charge in [-0.15, -0.1) is 0 Å². The summed E-state index contributed by atoms with van der Waals surface area (Å²) in [6, 6.07) is -2.70. The van der Waals surface area contributed by atoms with E-state index in [9.17, 15) is 19.2 Å². The van der Waals surface area contributed by atoms with Gasteiger partial charge in [-0.2, -0.15) is 0 Å². The lowest BCUT2D eigenvalue weighted by Crippen LogP contribution is -2.52. The summed E-state index contributed by atoms with van der Waals surface area (Å²) in [6.07, 6.45) is 0. The summed E-state index contributed by atoms with van der Waals surface area (Å²) in [5, 5.41) is 15.6. The van der Waals surface area contributed by atoms with Gasteiger partial charge >= 0.3 is 5.97 Å². The number of carboxylic acid groups (broad SMARTS) is 1. The fraction of sp³-hybridized carbons (Fsp3) is 0.692. The maximum absolute atomic E-state index is 11.6. The molecule has 0 saturated carbocycles. The lowest BCUT2D eigenvalue weighted by Gasteiger charge is -2.18. The number of hydrogen-bond acceptors (Lipinski definition) is 5. The maximum atomic E-state index is 11.6. The van der Waals surface area contributed by atoms with Crippen LogP contribution in [0, 0.1) is 5.92 Å². The first-order valence-electron chi connectivity index (χ1n) is 6.92. The predicted octanol–water partition coefficient (Wildman–Crippen LogP) is -1.82. The molecule has 0 rings (SSSR count). The third-order valence-electron chi connectivity index (χ3n) is 2.94. The quantitative estimate of drug-likeness (QED) is 0.356. The van der Waals surface area contributed by atoms with Crippen molar-refractivity contribution in [1.82, 2.24) is 16.0 Å². The topological polar surface area (TPSA) is 151 Å². The fourth-order valence-corrected chi connectivity index (χ4v) is 1.35. The van der Waals surface area contributed by atoms with E-state index in [0.717, 1.165) is 0 Å². The standard InChI is InChI=1S/C13H24N4O5/c1-6(2)10(14)12(20)15-5-9(18)16-7(3)11(19)17-8(4)13(21)22/h6-8,10H,5,14H2,1-4H3,(H,15,20)(H,16,18)(H,17,19)(H,21,22)/t7-,8-,10-/m0/s1. The Hall–Kier alpha value is -2.16. The Kier molecular flexibility index (Phi) is 8.10. The summed E-state index contributed by atoms with van der Waals surface area (Å²) in [5.74, 6) is -2.91. The Balaban J connectivity index is 4.23. The summed E-state index contributed by atoms with van der Waals surface area (Å²) in [6.45, 7) is 5.96. The van der Waals surface area contributed by atoms with Gasteiger partial charge in [0.1, 0.15) is 12.1 Å². The van der Waals surface area contributed by atoms with Gasteiger partial charge in [0.05, 0.1) is 12.6 Å². The molecule has 0 aliphatic rings. The zero-order valence-electron chi connectivity index (χ0n) is 13.2. The van der Waals surface area contributed by atoms with Crippen LogP contribution in [0.25, 0.3) is 0 Å². The molecule has 0 spiro atoms.